The van der Waals surface area contributed by atoms with Crippen LogP contribution in [0, 0.1) is 0 Å². The smallest absolute Gasteiger partial charge is 0.216 e. The maximum Gasteiger partial charge on any atom is 0.216 e. The van der Waals surface area contributed by atoms with E-state index in [1.54, 1.807) is 0 Å². The first-order chi connectivity index (χ1) is 6.74. The highest BCUT2D eigenvalue weighted by molar-refractivity contribution is 6.78. The molecule has 0 aromatic heterocycles. The number of hydrogen-bond acceptors (Lipinski definition) is 1. The second kappa shape index (κ2) is 8.24. The van der Waals surface area contributed by atoms with E-state index in [4.69, 9.17) is 4.43 Å². The average molecular weight is 214 g/mol. The molecule has 84 valence electrons. The van der Waals surface area contributed by atoms with Gasteiger partial charge in [-0.1, -0.05) is 45.7 Å². The summed E-state index contributed by atoms with van der Waals surface area (Å²) in [5.74, 6) is 0. The molecule has 2 heteroatoms. The Kier molecular flexibility index (Phi) is 8.19. The van der Waals surface area contributed by atoms with Gasteiger partial charge in [-0.05, 0) is 18.5 Å². The Hall–Kier alpha value is -0.0831. The van der Waals surface area contributed by atoms with E-state index >= 15 is 0 Å². The molecule has 1 nitrogen and oxygen atoms in total. The summed E-state index contributed by atoms with van der Waals surface area (Å²) in [5, 5.41) is 0. The first-order valence-corrected chi connectivity index (χ1v) is 8.42. The molecule has 0 saturated carbocycles. The lowest BCUT2D eigenvalue weighted by atomic mass is 10.4. The zero-order chi connectivity index (χ0) is 10.9. The summed E-state index contributed by atoms with van der Waals surface area (Å²) in [6, 6.07) is 2.49. The summed E-state index contributed by atoms with van der Waals surface area (Å²) in [4.78, 5) is 0. The van der Waals surface area contributed by atoms with Crippen LogP contribution in [0.2, 0.25) is 12.1 Å². The highest BCUT2D eigenvalue weighted by atomic mass is 28.4. The van der Waals surface area contributed by atoms with Crippen molar-refractivity contribution in [2.75, 3.05) is 6.61 Å². The minimum Gasteiger partial charge on any atom is -0.413 e. The van der Waals surface area contributed by atoms with Gasteiger partial charge in [0.1, 0.15) is 0 Å². The zero-order valence-electron chi connectivity index (χ0n) is 10.1. The Balaban J connectivity index is 4.10. The van der Waals surface area contributed by atoms with Gasteiger partial charge in [0.15, 0.2) is 0 Å². The predicted octanol–water partition coefficient (Wildman–Crippen LogP) is 4.29. The fourth-order valence-corrected chi connectivity index (χ4v) is 5.11. The molecule has 0 atom stereocenters. The van der Waals surface area contributed by atoms with Gasteiger partial charge in [-0.3, -0.25) is 0 Å². The van der Waals surface area contributed by atoms with Gasteiger partial charge >= 0.3 is 0 Å². The van der Waals surface area contributed by atoms with Crippen LogP contribution in [0.4, 0.5) is 0 Å². The van der Waals surface area contributed by atoms with Crippen LogP contribution in [0.1, 0.15) is 46.5 Å². The van der Waals surface area contributed by atoms with Crippen molar-refractivity contribution in [1.82, 2.24) is 0 Å². The minimum atomic E-state index is -1.54. The number of unbranched alkanes of at least 4 members (excludes halogenated alkanes) is 1. The van der Waals surface area contributed by atoms with Crippen molar-refractivity contribution in [1.29, 1.82) is 0 Å². The molecule has 0 aromatic carbocycles. The molecule has 0 spiro atoms. The molecule has 0 amide bonds. The SMILES string of the molecule is C=C[Si](CCC)(CCC)OCCCC. The van der Waals surface area contributed by atoms with Crippen molar-refractivity contribution in [2.24, 2.45) is 0 Å². The van der Waals surface area contributed by atoms with E-state index in [-0.39, 0.29) is 0 Å². The van der Waals surface area contributed by atoms with E-state index in [9.17, 15) is 0 Å². The van der Waals surface area contributed by atoms with Crippen LogP contribution < -0.4 is 0 Å². The van der Waals surface area contributed by atoms with Crippen LogP contribution in [0.5, 0.6) is 0 Å². The van der Waals surface area contributed by atoms with Gasteiger partial charge in [0.25, 0.3) is 0 Å². The van der Waals surface area contributed by atoms with Gasteiger partial charge in [-0.2, -0.15) is 0 Å². The second-order valence-electron chi connectivity index (χ2n) is 3.97. The van der Waals surface area contributed by atoms with Crippen LogP contribution >= 0.6 is 0 Å². The van der Waals surface area contributed by atoms with Crippen molar-refractivity contribution in [3.05, 3.63) is 12.3 Å². The first-order valence-electron chi connectivity index (χ1n) is 6.02. The van der Waals surface area contributed by atoms with Crippen LogP contribution in [-0.2, 0) is 4.43 Å². The third kappa shape index (κ3) is 4.96. The van der Waals surface area contributed by atoms with E-state index in [1.165, 1.54) is 37.8 Å². The van der Waals surface area contributed by atoms with Crippen LogP contribution in [0.15, 0.2) is 12.3 Å². The fourth-order valence-electron chi connectivity index (χ4n) is 1.80. The summed E-state index contributed by atoms with van der Waals surface area (Å²) >= 11 is 0. The van der Waals surface area contributed by atoms with Gasteiger partial charge in [-0.15, -0.1) is 6.58 Å². The molecule has 0 rings (SSSR count). The fraction of sp³-hybridized carbons (Fsp3) is 0.833. The van der Waals surface area contributed by atoms with Crippen LogP contribution in [-0.4, -0.2) is 14.9 Å². The molecule has 0 radical (unpaired) electrons. The molecule has 0 fully saturated rings. The molecule has 0 bridgehead atoms. The van der Waals surface area contributed by atoms with Gasteiger partial charge in [0.2, 0.25) is 8.32 Å². The average Bonchev–Trinajstić information content (AvgIpc) is 2.19. The summed E-state index contributed by atoms with van der Waals surface area (Å²) in [5.41, 5.74) is 2.15. The normalized spacial score (nSPS) is 11.6. The molecule has 0 unspecified atom stereocenters. The van der Waals surface area contributed by atoms with Gasteiger partial charge in [0, 0.05) is 6.61 Å². The summed E-state index contributed by atoms with van der Waals surface area (Å²) < 4.78 is 6.12. The largest absolute Gasteiger partial charge is 0.413 e. The second-order valence-corrected chi connectivity index (χ2v) is 7.80. The van der Waals surface area contributed by atoms with Crippen LogP contribution in [0.3, 0.4) is 0 Å². The molecule has 14 heavy (non-hydrogen) atoms. The monoisotopic (exact) mass is 214 g/mol. The van der Waals surface area contributed by atoms with E-state index < -0.39 is 8.32 Å². The van der Waals surface area contributed by atoms with Crippen LogP contribution in [0.25, 0.3) is 0 Å². The molecule has 0 heterocycles. The highest BCUT2D eigenvalue weighted by Crippen LogP contribution is 2.22. The summed E-state index contributed by atoms with van der Waals surface area (Å²) in [7, 11) is -1.54. The highest BCUT2D eigenvalue weighted by Gasteiger charge is 2.28. The Bertz CT molecular complexity index is 139. The third-order valence-corrected chi connectivity index (χ3v) is 6.82. The van der Waals surface area contributed by atoms with E-state index in [0.717, 1.165) is 6.61 Å². The van der Waals surface area contributed by atoms with Crippen molar-refractivity contribution in [3.8, 4) is 0 Å². The molecule has 0 aliphatic carbocycles. The molecular weight excluding hydrogens is 188 g/mol. The van der Waals surface area contributed by atoms with Crippen molar-refractivity contribution in [2.45, 2.75) is 58.5 Å². The standard InChI is InChI=1S/C12H26OSi/c1-5-9-10-13-14(8-4,11-6-2)12-7-3/h8H,4-7,9-12H2,1-3H3. The maximum absolute atomic E-state index is 6.12. The summed E-state index contributed by atoms with van der Waals surface area (Å²) in [6.07, 6.45) is 4.87. The van der Waals surface area contributed by atoms with E-state index in [0.29, 0.717) is 0 Å². The quantitative estimate of drug-likeness (QED) is 0.411. The van der Waals surface area contributed by atoms with E-state index in [2.05, 4.69) is 33.0 Å². The lowest BCUT2D eigenvalue weighted by Crippen LogP contribution is -2.36. The first kappa shape index (κ1) is 13.9. The summed E-state index contributed by atoms with van der Waals surface area (Å²) in [6.45, 7) is 11.6. The topological polar surface area (TPSA) is 9.23 Å². The molecule has 0 aliphatic heterocycles. The Morgan fingerprint density at radius 2 is 1.64 bits per heavy atom. The number of hydrogen-bond donors (Lipinski definition) is 0. The number of rotatable bonds is 9. The lowest BCUT2D eigenvalue weighted by Gasteiger charge is -2.27. The Morgan fingerprint density at radius 3 is 2.00 bits per heavy atom. The third-order valence-electron chi connectivity index (χ3n) is 2.61. The van der Waals surface area contributed by atoms with Crippen molar-refractivity contribution in [3.63, 3.8) is 0 Å². The van der Waals surface area contributed by atoms with Crippen molar-refractivity contribution < 1.29 is 4.43 Å². The molecule has 0 saturated heterocycles. The van der Waals surface area contributed by atoms with Gasteiger partial charge < -0.3 is 4.43 Å². The molecule has 0 aliphatic rings. The maximum atomic E-state index is 6.12. The van der Waals surface area contributed by atoms with Crippen molar-refractivity contribution >= 4 is 8.32 Å². The predicted molar refractivity (Wildman–Crippen MR) is 67.0 cm³/mol. The Morgan fingerprint density at radius 1 is 1.07 bits per heavy atom. The minimum absolute atomic E-state index is 0.939. The van der Waals surface area contributed by atoms with E-state index in [1.807, 2.05) is 0 Å². The van der Waals surface area contributed by atoms with Gasteiger partial charge in [-0.25, -0.2) is 0 Å². The molecule has 0 aromatic rings. The molecule has 0 N–H and O–H groups in total. The Labute approximate surface area is 90.7 Å². The lowest BCUT2D eigenvalue weighted by molar-refractivity contribution is 0.297. The zero-order valence-corrected chi connectivity index (χ0v) is 11.1. The molecular formula is C12H26OSi. The van der Waals surface area contributed by atoms with Gasteiger partial charge in [0.05, 0.1) is 0 Å².